The summed E-state index contributed by atoms with van der Waals surface area (Å²) >= 11 is 0. The molecule has 20 heavy (non-hydrogen) atoms. The van der Waals surface area contributed by atoms with Crippen molar-refractivity contribution in [2.75, 3.05) is 26.7 Å². The molecule has 2 N–H and O–H groups in total. The van der Waals surface area contributed by atoms with Gasteiger partial charge in [-0.3, -0.25) is 4.90 Å². The van der Waals surface area contributed by atoms with E-state index in [4.69, 9.17) is 10.5 Å². The van der Waals surface area contributed by atoms with Crippen LogP contribution in [0.2, 0.25) is 0 Å². The molecule has 118 valence electrons. The first-order chi connectivity index (χ1) is 9.37. The van der Waals surface area contributed by atoms with E-state index in [-0.39, 0.29) is 5.54 Å². The van der Waals surface area contributed by atoms with Gasteiger partial charge in [0.1, 0.15) is 0 Å². The average molecular weight is 282 g/mol. The van der Waals surface area contributed by atoms with Crippen LogP contribution < -0.4 is 5.73 Å². The van der Waals surface area contributed by atoms with Crippen LogP contribution in [0, 0.1) is 11.3 Å². The van der Waals surface area contributed by atoms with Gasteiger partial charge in [0.05, 0.1) is 6.10 Å². The normalized spacial score (nSPS) is 38.1. The van der Waals surface area contributed by atoms with Crippen molar-refractivity contribution in [1.29, 1.82) is 0 Å². The molecule has 0 radical (unpaired) electrons. The molecular formula is C17H34N2O. The van der Waals surface area contributed by atoms with Gasteiger partial charge < -0.3 is 10.5 Å². The fraction of sp³-hybridized carbons (Fsp3) is 1.00. The lowest BCUT2D eigenvalue weighted by atomic mass is 9.63. The van der Waals surface area contributed by atoms with Crippen LogP contribution in [0.3, 0.4) is 0 Å². The minimum Gasteiger partial charge on any atom is -0.377 e. The van der Waals surface area contributed by atoms with Crippen molar-refractivity contribution in [2.45, 2.75) is 70.9 Å². The average Bonchev–Trinajstić information content (AvgIpc) is 2.37. The van der Waals surface area contributed by atoms with Crippen LogP contribution in [0.4, 0.5) is 0 Å². The topological polar surface area (TPSA) is 38.5 Å². The van der Waals surface area contributed by atoms with Crippen LogP contribution in [-0.4, -0.2) is 43.3 Å². The second-order valence-corrected chi connectivity index (χ2v) is 8.15. The number of hydrogen-bond acceptors (Lipinski definition) is 3. The number of hydrogen-bond donors (Lipinski definition) is 1. The zero-order chi connectivity index (χ0) is 14.8. The first-order valence-corrected chi connectivity index (χ1v) is 8.40. The molecule has 1 saturated carbocycles. The molecular weight excluding hydrogens is 248 g/mol. The quantitative estimate of drug-likeness (QED) is 0.861. The van der Waals surface area contributed by atoms with Gasteiger partial charge in [0, 0.05) is 25.2 Å². The van der Waals surface area contributed by atoms with E-state index in [1.807, 2.05) is 0 Å². The van der Waals surface area contributed by atoms with E-state index in [0.717, 1.165) is 25.6 Å². The minimum atomic E-state index is 0.169. The largest absolute Gasteiger partial charge is 0.377 e. The molecule has 0 aromatic carbocycles. The Balaban J connectivity index is 2.04. The maximum Gasteiger partial charge on any atom is 0.0702 e. The van der Waals surface area contributed by atoms with Crippen molar-refractivity contribution < 1.29 is 4.74 Å². The molecule has 1 aliphatic heterocycles. The molecule has 3 unspecified atom stereocenters. The zero-order valence-corrected chi connectivity index (χ0v) is 14.0. The summed E-state index contributed by atoms with van der Waals surface area (Å²) in [5.74, 6) is 0.761. The lowest BCUT2D eigenvalue weighted by Gasteiger charge is -2.52. The van der Waals surface area contributed by atoms with E-state index in [2.05, 4.69) is 32.7 Å². The highest BCUT2D eigenvalue weighted by Gasteiger charge is 2.44. The molecule has 2 rings (SSSR count). The van der Waals surface area contributed by atoms with Gasteiger partial charge in [0.15, 0.2) is 0 Å². The van der Waals surface area contributed by atoms with Gasteiger partial charge in [-0.05, 0) is 56.9 Å². The first kappa shape index (κ1) is 16.3. The summed E-state index contributed by atoms with van der Waals surface area (Å²) in [7, 11) is 2.26. The molecule has 0 aromatic rings. The third kappa shape index (κ3) is 3.75. The van der Waals surface area contributed by atoms with Gasteiger partial charge in [-0.2, -0.15) is 0 Å². The Kier molecular flexibility index (Phi) is 5.14. The molecule has 0 aromatic heterocycles. The van der Waals surface area contributed by atoms with Crippen molar-refractivity contribution in [3.8, 4) is 0 Å². The van der Waals surface area contributed by atoms with E-state index >= 15 is 0 Å². The second kappa shape index (κ2) is 6.33. The molecule has 3 atom stereocenters. The highest BCUT2D eigenvalue weighted by atomic mass is 16.5. The summed E-state index contributed by atoms with van der Waals surface area (Å²) in [6.45, 7) is 9.94. The second-order valence-electron chi connectivity index (χ2n) is 8.15. The molecule has 3 heteroatoms. The molecule has 1 saturated heterocycles. The summed E-state index contributed by atoms with van der Waals surface area (Å²) in [5, 5.41) is 0. The van der Waals surface area contributed by atoms with Gasteiger partial charge in [-0.25, -0.2) is 0 Å². The van der Waals surface area contributed by atoms with Gasteiger partial charge in [0.25, 0.3) is 0 Å². The maximum atomic E-state index is 6.25. The van der Waals surface area contributed by atoms with E-state index in [9.17, 15) is 0 Å². The Morgan fingerprint density at radius 3 is 2.55 bits per heavy atom. The van der Waals surface area contributed by atoms with Crippen LogP contribution in [0.15, 0.2) is 0 Å². The van der Waals surface area contributed by atoms with Gasteiger partial charge >= 0.3 is 0 Å². The Hall–Kier alpha value is -0.120. The van der Waals surface area contributed by atoms with Gasteiger partial charge in [-0.1, -0.05) is 20.8 Å². The monoisotopic (exact) mass is 282 g/mol. The summed E-state index contributed by atoms with van der Waals surface area (Å²) in [6.07, 6.45) is 7.94. The Morgan fingerprint density at radius 2 is 2.00 bits per heavy atom. The van der Waals surface area contributed by atoms with Crippen molar-refractivity contribution >= 4 is 0 Å². The third-order valence-electron chi connectivity index (χ3n) is 5.38. The summed E-state index contributed by atoms with van der Waals surface area (Å²) < 4.78 is 5.93. The van der Waals surface area contributed by atoms with Crippen molar-refractivity contribution in [3.63, 3.8) is 0 Å². The summed E-state index contributed by atoms with van der Waals surface area (Å²) in [5.41, 5.74) is 6.82. The van der Waals surface area contributed by atoms with Crippen molar-refractivity contribution in [2.24, 2.45) is 17.1 Å². The third-order valence-corrected chi connectivity index (χ3v) is 5.38. The fourth-order valence-corrected chi connectivity index (χ4v) is 4.75. The molecule has 1 heterocycles. The van der Waals surface area contributed by atoms with E-state index in [1.54, 1.807) is 0 Å². The molecule has 0 bridgehead atoms. The lowest BCUT2D eigenvalue weighted by Crippen LogP contribution is -2.59. The highest BCUT2D eigenvalue weighted by molar-refractivity contribution is 5.00. The van der Waals surface area contributed by atoms with Gasteiger partial charge in [0.2, 0.25) is 0 Å². The molecule has 2 aliphatic rings. The van der Waals surface area contributed by atoms with Crippen LogP contribution in [-0.2, 0) is 4.74 Å². The fourth-order valence-electron chi connectivity index (χ4n) is 4.75. The zero-order valence-electron chi connectivity index (χ0n) is 14.0. The summed E-state index contributed by atoms with van der Waals surface area (Å²) in [4.78, 5) is 2.53. The molecule has 3 nitrogen and oxygen atoms in total. The minimum absolute atomic E-state index is 0.169. The molecule has 2 fully saturated rings. The predicted molar refractivity (Wildman–Crippen MR) is 84.8 cm³/mol. The van der Waals surface area contributed by atoms with Crippen LogP contribution >= 0.6 is 0 Å². The smallest absolute Gasteiger partial charge is 0.0702 e. The standard InChI is InChI=1S/C17H34N2O/c1-14-9-16(2,3)12-17(10-14,13-18)19(4)11-15-7-5-6-8-20-15/h14-15H,5-13,18H2,1-4H3. The van der Waals surface area contributed by atoms with Crippen molar-refractivity contribution in [1.82, 2.24) is 4.90 Å². The Labute approximate surface area is 125 Å². The highest BCUT2D eigenvalue weighted by Crippen LogP contribution is 2.46. The summed E-state index contributed by atoms with van der Waals surface area (Å²) in [6, 6.07) is 0. The van der Waals surface area contributed by atoms with Crippen molar-refractivity contribution in [3.05, 3.63) is 0 Å². The number of rotatable bonds is 4. The number of nitrogens with zero attached hydrogens (tertiary/aromatic N) is 1. The molecule has 0 amide bonds. The maximum absolute atomic E-state index is 6.25. The van der Waals surface area contributed by atoms with Gasteiger partial charge in [-0.15, -0.1) is 0 Å². The number of nitrogens with two attached hydrogens (primary N) is 1. The lowest BCUT2D eigenvalue weighted by molar-refractivity contribution is -0.0506. The van der Waals surface area contributed by atoms with E-state index in [1.165, 1.54) is 38.5 Å². The van der Waals surface area contributed by atoms with Crippen LogP contribution in [0.1, 0.15) is 59.3 Å². The number of ether oxygens (including phenoxy) is 1. The molecule has 1 aliphatic carbocycles. The van der Waals surface area contributed by atoms with Crippen LogP contribution in [0.5, 0.6) is 0 Å². The number of likely N-dealkylation sites (N-methyl/N-ethyl adjacent to an activating group) is 1. The predicted octanol–water partition coefficient (Wildman–Crippen LogP) is 3.03. The SMILES string of the molecule is CC1CC(C)(C)CC(CN)(N(C)CC2CCCCO2)C1. The van der Waals surface area contributed by atoms with E-state index < -0.39 is 0 Å². The first-order valence-electron chi connectivity index (χ1n) is 8.40. The van der Waals surface area contributed by atoms with Crippen LogP contribution in [0.25, 0.3) is 0 Å². The Bertz CT molecular complexity index is 312. The van der Waals surface area contributed by atoms with E-state index in [0.29, 0.717) is 11.5 Å². The molecule has 0 spiro atoms. The Morgan fingerprint density at radius 1 is 1.25 bits per heavy atom.